The van der Waals surface area contributed by atoms with Crippen molar-refractivity contribution in [3.63, 3.8) is 0 Å². The first-order chi connectivity index (χ1) is 8.97. The van der Waals surface area contributed by atoms with E-state index in [0.717, 1.165) is 16.0 Å². The molecule has 0 radical (unpaired) electrons. The average molecular weight is 301 g/mol. The van der Waals surface area contributed by atoms with E-state index in [1.54, 1.807) is 0 Å². The number of anilines is 1. The summed E-state index contributed by atoms with van der Waals surface area (Å²) in [7, 11) is 0. The minimum atomic E-state index is -0.824. The monoisotopic (exact) mass is 301 g/mol. The first kappa shape index (κ1) is 14.6. The maximum absolute atomic E-state index is 10.5. The van der Waals surface area contributed by atoms with Gasteiger partial charge in [0, 0.05) is 12.6 Å². The molecule has 1 aromatic heterocycles. The zero-order valence-electron chi connectivity index (χ0n) is 11.4. The van der Waals surface area contributed by atoms with Gasteiger partial charge in [0.25, 0.3) is 0 Å². The average Bonchev–Trinajstić information content (AvgIpc) is 2.79. The molecule has 3 unspecified atom stereocenters. The van der Waals surface area contributed by atoms with Crippen LogP contribution in [0.3, 0.4) is 0 Å². The summed E-state index contributed by atoms with van der Waals surface area (Å²) in [5.74, 6) is 0.514. The molecule has 0 bridgehead atoms. The van der Waals surface area contributed by atoms with Crippen LogP contribution in [0.1, 0.15) is 27.2 Å². The van der Waals surface area contributed by atoms with Crippen LogP contribution in [-0.4, -0.2) is 39.6 Å². The van der Waals surface area contributed by atoms with Gasteiger partial charge in [0.05, 0.1) is 5.75 Å². The van der Waals surface area contributed by atoms with Crippen LogP contribution in [0.25, 0.3) is 0 Å². The summed E-state index contributed by atoms with van der Waals surface area (Å²) >= 11 is 2.73. The predicted molar refractivity (Wildman–Crippen MR) is 78.0 cm³/mol. The lowest BCUT2D eigenvalue weighted by atomic mass is 9.86. The Balaban J connectivity index is 2.06. The predicted octanol–water partition coefficient (Wildman–Crippen LogP) is 2.59. The molecular weight excluding hydrogens is 282 g/mol. The Bertz CT molecular complexity index is 452. The summed E-state index contributed by atoms with van der Waals surface area (Å²) in [6.45, 7) is 7.76. The number of rotatable bonds is 4. The Kier molecular flexibility index (Phi) is 4.67. The van der Waals surface area contributed by atoms with E-state index >= 15 is 0 Å². The molecule has 0 aliphatic carbocycles. The van der Waals surface area contributed by atoms with E-state index in [-0.39, 0.29) is 5.75 Å². The minimum Gasteiger partial charge on any atom is -0.481 e. The fraction of sp³-hybridized carbons (Fsp3) is 0.750. The van der Waals surface area contributed by atoms with E-state index in [1.807, 2.05) is 0 Å². The molecule has 106 valence electrons. The van der Waals surface area contributed by atoms with Gasteiger partial charge in [-0.05, 0) is 25.2 Å². The number of thioether (sulfide) groups is 1. The molecule has 3 atom stereocenters. The highest BCUT2D eigenvalue weighted by Crippen LogP contribution is 2.35. The Labute approximate surface area is 121 Å². The first-order valence-electron chi connectivity index (χ1n) is 6.42. The third kappa shape index (κ3) is 3.60. The van der Waals surface area contributed by atoms with E-state index in [9.17, 15) is 4.79 Å². The number of carboxylic acid groups (broad SMARTS) is 1. The van der Waals surface area contributed by atoms with Crippen LogP contribution in [0, 0.1) is 11.8 Å². The standard InChI is InChI=1S/C12H19N3O2S2/c1-7-4-8(2)9(3)15(5-7)11-13-14-12(19-11)18-6-10(16)17/h7-9H,4-6H2,1-3H3,(H,16,17). The van der Waals surface area contributed by atoms with Crippen molar-refractivity contribution in [3.05, 3.63) is 0 Å². The summed E-state index contributed by atoms with van der Waals surface area (Å²) in [6.07, 6.45) is 1.25. The number of aromatic nitrogens is 2. The smallest absolute Gasteiger partial charge is 0.313 e. The van der Waals surface area contributed by atoms with Crippen molar-refractivity contribution < 1.29 is 9.90 Å². The summed E-state index contributed by atoms with van der Waals surface area (Å²) in [4.78, 5) is 12.9. The largest absolute Gasteiger partial charge is 0.481 e. The zero-order chi connectivity index (χ0) is 14.0. The normalized spacial score (nSPS) is 27.5. The van der Waals surface area contributed by atoms with Crippen LogP contribution < -0.4 is 4.90 Å². The number of nitrogens with zero attached hydrogens (tertiary/aromatic N) is 3. The van der Waals surface area contributed by atoms with Crippen LogP contribution in [0.5, 0.6) is 0 Å². The topological polar surface area (TPSA) is 66.3 Å². The number of piperidine rings is 1. The molecule has 1 aliphatic rings. The molecule has 19 heavy (non-hydrogen) atoms. The quantitative estimate of drug-likeness (QED) is 0.862. The van der Waals surface area contributed by atoms with Crippen LogP contribution in [0.15, 0.2) is 4.34 Å². The fourth-order valence-corrected chi connectivity index (χ4v) is 4.13. The van der Waals surface area contributed by atoms with Crippen LogP contribution >= 0.6 is 23.1 Å². The van der Waals surface area contributed by atoms with Gasteiger partial charge in [-0.15, -0.1) is 10.2 Å². The Morgan fingerprint density at radius 2 is 2.21 bits per heavy atom. The molecule has 1 saturated heterocycles. The maximum Gasteiger partial charge on any atom is 0.313 e. The van der Waals surface area contributed by atoms with Gasteiger partial charge in [0.2, 0.25) is 5.13 Å². The van der Waals surface area contributed by atoms with Crippen LogP contribution in [0.4, 0.5) is 5.13 Å². The Morgan fingerprint density at radius 3 is 2.89 bits per heavy atom. The van der Waals surface area contributed by atoms with Crippen molar-refractivity contribution in [2.24, 2.45) is 11.8 Å². The second-order valence-corrected chi connectivity index (χ2v) is 7.42. The molecule has 2 rings (SSSR count). The summed E-state index contributed by atoms with van der Waals surface area (Å²) in [6, 6.07) is 0.460. The molecule has 0 amide bonds. The molecule has 0 spiro atoms. The number of aliphatic carboxylic acids is 1. The number of hydrogen-bond donors (Lipinski definition) is 1. The highest BCUT2D eigenvalue weighted by Gasteiger charge is 2.30. The van der Waals surface area contributed by atoms with E-state index in [1.165, 1.54) is 29.5 Å². The van der Waals surface area contributed by atoms with E-state index in [4.69, 9.17) is 5.11 Å². The second kappa shape index (κ2) is 6.09. The third-order valence-corrected chi connectivity index (χ3v) is 5.64. The summed E-state index contributed by atoms with van der Waals surface area (Å²) in [5, 5.41) is 17.9. The van der Waals surface area contributed by atoms with Gasteiger partial charge in [-0.2, -0.15) is 0 Å². The van der Waals surface area contributed by atoms with Crippen LogP contribution in [0.2, 0.25) is 0 Å². The zero-order valence-corrected chi connectivity index (χ0v) is 13.0. The van der Waals surface area contributed by atoms with Gasteiger partial charge in [0.15, 0.2) is 4.34 Å². The summed E-state index contributed by atoms with van der Waals surface area (Å²) < 4.78 is 0.732. The van der Waals surface area contributed by atoms with Gasteiger partial charge < -0.3 is 10.0 Å². The van der Waals surface area contributed by atoms with Gasteiger partial charge >= 0.3 is 5.97 Å². The maximum atomic E-state index is 10.5. The summed E-state index contributed by atoms with van der Waals surface area (Å²) in [5.41, 5.74) is 0. The third-order valence-electron chi connectivity index (χ3n) is 3.56. The van der Waals surface area contributed by atoms with Crippen molar-refractivity contribution >= 4 is 34.2 Å². The molecule has 0 aromatic carbocycles. The van der Waals surface area contributed by atoms with E-state index in [0.29, 0.717) is 17.9 Å². The van der Waals surface area contributed by atoms with Gasteiger partial charge in [-0.25, -0.2) is 0 Å². The molecule has 0 saturated carbocycles. The van der Waals surface area contributed by atoms with Crippen molar-refractivity contribution in [1.29, 1.82) is 0 Å². The lowest BCUT2D eigenvalue weighted by Crippen LogP contribution is -2.45. The Morgan fingerprint density at radius 1 is 1.47 bits per heavy atom. The van der Waals surface area contributed by atoms with Crippen molar-refractivity contribution in [1.82, 2.24) is 10.2 Å². The molecule has 1 aliphatic heterocycles. The lowest BCUT2D eigenvalue weighted by molar-refractivity contribution is -0.133. The minimum absolute atomic E-state index is 0.0387. The van der Waals surface area contributed by atoms with E-state index in [2.05, 4.69) is 35.9 Å². The van der Waals surface area contributed by atoms with Gasteiger partial charge in [0.1, 0.15) is 0 Å². The fourth-order valence-electron chi connectivity index (χ4n) is 2.47. The highest BCUT2D eigenvalue weighted by molar-refractivity contribution is 8.01. The molecule has 5 nitrogen and oxygen atoms in total. The Hall–Kier alpha value is -0.820. The highest BCUT2D eigenvalue weighted by atomic mass is 32.2. The van der Waals surface area contributed by atoms with Crippen LogP contribution in [-0.2, 0) is 4.79 Å². The molecule has 7 heteroatoms. The molecular formula is C12H19N3O2S2. The van der Waals surface area contributed by atoms with Crippen molar-refractivity contribution in [3.8, 4) is 0 Å². The van der Waals surface area contributed by atoms with Crippen molar-refractivity contribution in [2.45, 2.75) is 37.6 Å². The lowest BCUT2D eigenvalue weighted by Gasteiger charge is -2.40. The number of hydrogen-bond acceptors (Lipinski definition) is 6. The number of carboxylic acids is 1. The molecule has 2 heterocycles. The van der Waals surface area contributed by atoms with Gasteiger partial charge in [-0.3, -0.25) is 4.79 Å². The molecule has 1 N–H and O–H groups in total. The molecule has 1 fully saturated rings. The first-order valence-corrected chi connectivity index (χ1v) is 8.22. The second-order valence-electron chi connectivity index (χ2n) is 5.24. The van der Waals surface area contributed by atoms with Gasteiger partial charge in [-0.1, -0.05) is 36.9 Å². The van der Waals surface area contributed by atoms with Crippen molar-refractivity contribution in [2.75, 3.05) is 17.2 Å². The molecule has 1 aromatic rings. The SMILES string of the molecule is CC1CC(C)C(C)N(c2nnc(SCC(=O)O)s2)C1. The van der Waals surface area contributed by atoms with E-state index < -0.39 is 5.97 Å². The number of carbonyl (C=O) groups is 1.